The summed E-state index contributed by atoms with van der Waals surface area (Å²) < 4.78 is 1.83. The minimum absolute atomic E-state index is 0.0310. The van der Waals surface area contributed by atoms with E-state index in [2.05, 4.69) is 25.7 Å². The van der Waals surface area contributed by atoms with E-state index < -0.39 is 0 Å². The highest BCUT2D eigenvalue weighted by Crippen LogP contribution is 2.19. The molecule has 4 heteroatoms. The molecule has 0 aliphatic rings. The van der Waals surface area contributed by atoms with E-state index in [4.69, 9.17) is 4.98 Å². The molecule has 1 unspecified atom stereocenters. The molecular formula is C21H25N3O. The number of hydrogen-bond donors (Lipinski definition) is 0. The van der Waals surface area contributed by atoms with Crippen molar-refractivity contribution in [3.8, 4) is 11.4 Å². The van der Waals surface area contributed by atoms with Gasteiger partial charge in [-0.1, -0.05) is 56.3 Å². The van der Waals surface area contributed by atoms with Crippen molar-refractivity contribution in [2.24, 2.45) is 0 Å². The molecule has 0 N–H and O–H groups in total. The van der Waals surface area contributed by atoms with Crippen LogP contribution in [-0.2, 0) is 6.54 Å². The fourth-order valence-electron chi connectivity index (χ4n) is 3.37. The molecule has 0 aliphatic heterocycles. The third kappa shape index (κ3) is 3.49. The van der Waals surface area contributed by atoms with Gasteiger partial charge in [0.2, 0.25) is 0 Å². The van der Waals surface area contributed by atoms with Crippen LogP contribution >= 0.6 is 0 Å². The highest BCUT2D eigenvalue weighted by atomic mass is 16.1. The number of para-hydroxylation sites is 1. The summed E-state index contributed by atoms with van der Waals surface area (Å²) in [6, 6.07) is 17.8. The van der Waals surface area contributed by atoms with Crippen LogP contribution in [0.1, 0.15) is 20.8 Å². The topological polar surface area (TPSA) is 38.1 Å². The summed E-state index contributed by atoms with van der Waals surface area (Å²) in [4.78, 5) is 20.3. The van der Waals surface area contributed by atoms with Crippen LogP contribution in [0.25, 0.3) is 22.3 Å². The Hall–Kier alpha value is -2.46. The SMILES string of the molecule is CCN(CC)C(C)Cn1c(-c2ccccc2)nc2ccccc2c1=O. The molecule has 0 saturated heterocycles. The lowest BCUT2D eigenvalue weighted by Crippen LogP contribution is -2.39. The quantitative estimate of drug-likeness (QED) is 0.688. The number of nitrogens with zero attached hydrogens (tertiary/aromatic N) is 3. The maximum Gasteiger partial charge on any atom is 0.261 e. The predicted molar refractivity (Wildman–Crippen MR) is 104 cm³/mol. The Kier molecular flexibility index (Phi) is 5.29. The van der Waals surface area contributed by atoms with Crippen molar-refractivity contribution in [2.45, 2.75) is 33.4 Å². The van der Waals surface area contributed by atoms with Gasteiger partial charge in [-0.15, -0.1) is 0 Å². The van der Waals surface area contributed by atoms with E-state index in [0.29, 0.717) is 11.9 Å². The highest BCUT2D eigenvalue weighted by molar-refractivity contribution is 5.79. The van der Waals surface area contributed by atoms with Gasteiger partial charge in [-0.3, -0.25) is 14.3 Å². The van der Waals surface area contributed by atoms with Gasteiger partial charge in [0.05, 0.1) is 10.9 Å². The second kappa shape index (κ2) is 7.62. The molecular weight excluding hydrogens is 310 g/mol. The van der Waals surface area contributed by atoms with E-state index in [-0.39, 0.29) is 11.6 Å². The van der Waals surface area contributed by atoms with Crippen molar-refractivity contribution >= 4 is 10.9 Å². The standard InChI is InChI=1S/C21H25N3O/c1-4-23(5-2)16(3)15-24-20(17-11-7-6-8-12-17)22-19-14-10-9-13-18(19)21(24)25/h6-14,16H,4-5,15H2,1-3H3. The van der Waals surface area contributed by atoms with E-state index >= 15 is 0 Å². The molecule has 1 heterocycles. The van der Waals surface area contributed by atoms with Crippen molar-refractivity contribution in [3.05, 3.63) is 65.0 Å². The highest BCUT2D eigenvalue weighted by Gasteiger charge is 2.17. The molecule has 0 radical (unpaired) electrons. The second-order valence-corrected chi connectivity index (χ2v) is 6.30. The molecule has 25 heavy (non-hydrogen) atoms. The van der Waals surface area contributed by atoms with Crippen LogP contribution in [0.4, 0.5) is 0 Å². The Balaban J connectivity index is 2.17. The molecule has 0 amide bonds. The van der Waals surface area contributed by atoms with Gasteiger partial charge < -0.3 is 0 Å². The first-order chi connectivity index (χ1) is 12.2. The van der Waals surface area contributed by atoms with Gasteiger partial charge in [-0.25, -0.2) is 4.98 Å². The van der Waals surface area contributed by atoms with Crippen LogP contribution in [0.5, 0.6) is 0 Å². The molecule has 4 nitrogen and oxygen atoms in total. The largest absolute Gasteiger partial charge is 0.299 e. The molecule has 0 aliphatic carbocycles. The maximum atomic E-state index is 13.2. The molecule has 0 bridgehead atoms. The maximum absolute atomic E-state index is 13.2. The summed E-state index contributed by atoms with van der Waals surface area (Å²) in [5.41, 5.74) is 1.75. The Labute approximate surface area is 148 Å². The number of rotatable bonds is 6. The monoisotopic (exact) mass is 335 g/mol. The molecule has 1 aromatic heterocycles. The number of benzene rings is 2. The van der Waals surface area contributed by atoms with Crippen LogP contribution in [0.3, 0.4) is 0 Å². The Bertz CT molecular complexity index is 898. The molecule has 3 aromatic rings. The number of likely N-dealkylation sites (N-methyl/N-ethyl adjacent to an activating group) is 1. The van der Waals surface area contributed by atoms with Crippen molar-refractivity contribution in [1.29, 1.82) is 0 Å². The normalized spacial score (nSPS) is 12.6. The summed E-state index contributed by atoms with van der Waals surface area (Å²) in [5, 5.41) is 0.675. The first-order valence-electron chi connectivity index (χ1n) is 8.94. The summed E-state index contributed by atoms with van der Waals surface area (Å²) in [6.07, 6.45) is 0. The lowest BCUT2D eigenvalue weighted by atomic mass is 10.1. The molecule has 2 aromatic carbocycles. The van der Waals surface area contributed by atoms with E-state index in [9.17, 15) is 4.79 Å². The molecule has 0 saturated carbocycles. The van der Waals surface area contributed by atoms with Crippen LogP contribution in [-0.4, -0.2) is 33.6 Å². The van der Waals surface area contributed by atoms with Crippen molar-refractivity contribution in [3.63, 3.8) is 0 Å². The Morgan fingerprint density at radius 3 is 2.32 bits per heavy atom. The lowest BCUT2D eigenvalue weighted by Gasteiger charge is -2.27. The zero-order valence-corrected chi connectivity index (χ0v) is 15.1. The number of aromatic nitrogens is 2. The van der Waals surface area contributed by atoms with E-state index in [1.165, 1.54) is 0 Å². The smallest absolute Gasteiger partial charge is 0.261 e. The molecule has 0 spiro atoms. The van der Waals surface area contributed by atoms with Crippen molar-refractivity contribution < 1.29 is 0 Å². The lowest BCUT2D eigenvalue weighted by molar-refractivity contribution is 0.210. The van der Waals surface area contributed by atoms with Gasteiger partial charge in [-0.05, 0) is 32.1 Å². The number of hydrogen-bond acceptors (Lipinski definition) is 3. The average molecular weight is 335 g/mol. The summed E-state index contributed by atoms with van der Waals surface area (Å²) >= 11 is 0. The summed E-state index contributed by atoms with van der Waals surface area (Å²) in [7, 11) is 0. The van der Waals surface area contributed by atoms with E-state index in [1.54, 1.807) is 0 Å². The van der Waals surface area contributed by atoms with Gasteiger partial charge in [0, 0.05) is 18.2 Å². The zero-order chi connectivity index (χ0) is 17.8. The predicted octanol–water partition coefficient (Wildman–Crippen LogP) is 3.79. The van der Waals surface area contributed by atoms with Crippen LogP contribution in [0, 0.1) is 0 Å². The Morgan fingerprint density at radius 2 is 1.64 bits per heavy atom. The van der Waals surface area contributed by atoms with Gasteiger partial charge in [0.1, 0.15) is 5.82 Å². The fraction of sp³-hybridized carbons (Fsp3) is 0.333. The average Bonchev–Trinajstić information content (AvgIpc) is 2.65. The number of fused-ring (bicyclic) bond motifs is 1. The van der Waals surface area contributed by atoms with E-state index in [0.717, 1.165) is 30.0 Å². The summed E-state index contributed by atoms with van der Waals surface area (Å²) in [5.74, 6) is 0.739. The first-order valence-corrected chi connectivity index (χ1v) is 8.94. The van der Waals surface area contributed by atoms with Gasteiger partial charge in [-0.2, -0.15) is 0 Å². The third-order valence-corrected chi connectivity index (χ3v) is 4.78. The third-order valence-electron chi connectivity index (χ3n) is 4.78. The minimum Gasteiger partial charge on any atom is -0.299 e. The second-order valence-electron chi connectivity index (χ2n) is 6.30. The van der Waals surface area contributed by atoms with Gasteiger partial charge in [0.15, 0.2) is 0 Å². The molecule has 130 valence electrons. The zero-order valence-electron chi connectivity index (χ0n) is 15.1. The van der Waals surface area contributed by atoms with E-state index in [1.807, 2.05) is 59.2 Å². The molecule has 0 fully saturated rings. The van der Waals surface area contributed by atoms with Crippen LogP contribution < -0.4 is 5.56 Å². The Morgan fingerprint density at radius 1 is 1.00 bits per heavy atom. The first kappa shape index (κ1) is 17.4. The molecule has 1 atom stereocenters. The van der Waals surface area contributed by atoms with Crippen molar-refractivity contribution in [2.75, 3.05) is 13.1 Å². The summed E-state index contributed by atoms with van der Waals surface area (Å²) in [6.45, 7) is 9.03. The van der Waals surface area contributed by atoms with Crippen molar-refractivity contribution in [1.82, 2.24) is 14.5 Å². The van der Waals surface area contributed by atoms with Crippen LogP contribution in [0.2, 0.25) is 0 Å². The minimum atomic E-state index is 0.0310. The fourth-order valence-corrected chi connectivity index (χ4v) is 3.37. The van der Waals surface area contributed by atoms with Gasteiger partial charge >= 0.3 is 0 Å². The van der Waals surface area contributed by atoms with Crippen LogP contribution in [0.15, 0.2) is 59.4 Å². The van der Waals surface area contributed by atoms with Gasteiger partial charge in [0.25, 0.3) is 5.56 Å². The molecule has 3 rings (SSSR count).